The number of hydrogen-bond donors (Lipinski definition) is 2. The normalized spacial score (nSPS) is 22.4. The molecule has 2 unspecified atom stereocenters. The molecule has 0 spiro atoms. The van der Waals surface area contributed by atoms with Crippen molar-refractivity contribution in [3.8, 4) is 0 Å². The topological polar surface area (TPSA) is 66.0 Å². The van der Waals surface area contributed by atoms with E-state index in [0.717, 1.165) is 17.4 Å². The van der Waals surface area contributed by atoms with E-state index in [1.54, 1.807) is 11.8 Å². The highest BCUT2D eigenvalue weighted by molar-refractivity contribution is 5.85. The zero-order valence-electron chi connectivity index (χ0n) is 13.4. The number of aromatic amines is 1. The highest BCUT2D eigenvalue weighted by Gasteiger charge is 2.37. The van der Waals surface area contributed by atoms with Gasteiger partial charge in [-0.25, -0.2) is 9.78 Å². The van der Waals surface area contributed by atoms with Crippen molar-refractivity contribution in [3.05, 3.63) is 52.1 Å². The molecule has 2 aliphatic rings. The van der Waals surface area contributed by atoms with Gasteiger partial charge >= 0.3 is 5.97 Å². The lowest BCUT2D eigenvalue weighted by molar-refractivity contribution is 0.0684. The summed E-state index contributed by atoms with van der Waals surface area (Å²) in [5.74, 6) is 0.460. The van der Waals surface area contributed by atoms with E-state index in [0.29, 0.717) is 5.69 Å². The number of aryl methyl sites for hydroxylation is 1. The van der Waals surface area contributed by atoms with Crippen LogP contribution in [0.2, 0.25) is 0 Å². The first-order valence-electron chi connectivity index (χ1n) is 8.14. The molecule has 1 fully saturated rings. The van der Waals surface area contributed by atoms with Gasteiger partial charge in [0.05, 0.1) is 5.69 Å². The molecule has 0 aliphatic heterocycles. The number of carboxylic acids is 1. The van der Waals surface area contributed by atoms with Gasteiger partial charge < -0.3 is 10.1 Å². The molecule has 1 aromatic carbocycles. The summed E-state index contributed by atoms with van der Waals surface area (Å²) < 4.78 is 0. The summed E-state index contributed by atoms with van der Waals surface area (Å²) in [6.45, 7) is 4.23. The highest BCUT2D eigenvalue weighted by atomic mass is 16.4. The van der Waals surface area contributed by atoms with E-state index in [-0.39, 0.29) is 5.82 Å². The fourth-order valence-corrected chi connectivity index (χ4v) is 4.24. The van der Waals surface area contributed by atoms with Crippen LogP contribution in [0.25, 0.3) is 11.6 Å². The zero-order chi connectivity index (χ0) is 16.1. The number of nitrogens with one attached hydrogen (secondary N) is 1. The molecule has 2 N–H and O–H groups in total. The van der Waals surface area contributed by atoms with E-state index in [1.165, 1.54) is 36.0 Å². The van der Waals surface area contributed by atoms with E-state index in [2.05, 4.69) is 35.9 Å². The molecule has 1 aromatic heterocycles. The van der Waals surface area contributed by atoms with Gasteiger partial charge in [-0.1, -0.05) is 12.1 Å². The molecule has 4 nitrogen and oxygen atoms in total. The number of carbonyl (C=O) groups is 1. The maximum Gasteiger partial charge on any atom is 0.371 e. The molecule has 2 atom stereocenters. The summed E-state index contributed by atoms with van der Waals surface area (Å²) in [5, 5.41) is 8.95. The van der Waals surface area contributed by atoms with E-state index in [4.69, 9.17) is 5.11 Å². The predicted octanol–water partition coefficient (Wildman–Crippen LogP) is 4.34. The Bertz CT molecular complexity index is 832. The highest BCUT2D eigenvalue weighted by Crippen LogP contribution is 2.53. The summed E-state index contributed by atoms with van der Waals surface area (Å²) in [7, 11) is 0. The van der Waals surface area contributed by atoms with Crippen LogP contribution >= 0.6 is 0 Å². The fourth-order valence-electron chi connectivity index (χ4n) is 4.24. The van der Waals surface area contributed by atoms with Crippen LogP contribution in [0, 0.1) is 6.92 Å². The number of aromatic nitrogens is 2. The fraction of sp³-hybridized carbons (Fsp3) is 0.368. The Balaban J connectivity index is 1.71. The third-order valence-electron chi connectivity index (χ3n) is 5.33. The first-order chi connectivity index (χ1) is 11.0. The van der Waals surface area contributed by atoms with Crippen LogP contribution in [-0.4, -0.2) is 21.0 Å². The number of nitrogens with zero attached hydrogens (tertiary/aromatic N) is 1. The number of benzene rings is 1. The van der Waals surface area contributed by atoms with Gasteiger partial charge in [-0.05, 0) is 78.8 Å². The third kappa shape index (κ3) is 2.29. The van der Waals surface area contributed by atoms with Crippen molar-refractivity contribution >= 4 is 17.6 Å². The monoisotopic (exact) mass is 308 g/mol. The number of fused-ring (bicyclic) bond motifs is 5. The first-order valence-corrected chi connectivity index (χ1v) is 8.14. The van der Waals surface area contributed by atoms with E-state index >= 15 is 0 Å². The molecule has 0 saturated heterocycles. The van der Waals surface area contributed by atoms with Crippen LogP contribution in [0.3, 0.4) is 0 Å². The number of hydrogen-bond acceptors (Lipinski definition) is 2. The van der Waals surface area contributed by atoms with Crippen molar-refractivity contribution in [3.63, 3.8) is 0 Å². The Kier molecular flexibility index (Phi) is 3.15. The molecule has 0 amide bonds. The van der Waals surface area contributed by atoms with Gasteiger partial charge in [-0.15, -0.1) is 0 Å². The quantitative estimate of drug-likeness (QED) is 0.886. The van der Waals surface area contributed by atoms with Gasteiger partial charge in [-0.3, -0.25) is 0 Å². The van der Waals surface area contributed by atoms with Crippen LogP contribution in [-0.2, 0) is 0 Å². The van der Waals surface area contributed by atoms with Crippen LogP contribution in [0.5, 0.6) is 0 Å². The second-order valence-corrected chi connectivity index (χ2v) is 6.81. The summed E-state index contributed by atoms with van der Waals surface area (Å²) in [5.41, 5.74) is 7.40. The average Bonchev–Trinajstić information content (AvgIpc) is 3.21. The SMILES string of the molecule is C/C(=C/c1c[nH]c(C(=O)O)n1)c1cc2c(cc1C)C1CCC2C1. The van der Waals surface area contributed by atoms with Crippen LogP contribution < -0.4 is 0 Å². The van der Waals surface area contributed by atoms with E-state index in [1.807, 2.05) is 6.08 Å². The van der Waals surface area contributed by atoms with Gasteiger partial charge in [0.25, 0.3) is 0 Å². The second-order valence-electron chi connectivity index (χ2n) is 6.81. The molecule has 4 heteroatoms. The summed E-state index contributed by atoms with van der Waals surface area (Å²) in [6.07, 6.45) is 7.57. The van der Waals surface area contributed by atoms with Crippen LogP contribution in [0.4, 0.5) is 0 Å². The zero-order valence-corrected chi connectivity index (χ0v) is 13.4. The Morgan fingerprint density at radius 1 is 1.30 bits per heavy atom. The molecule has 0 radical (unpaired) electrons. The van der Waals surface area contributed by atoms with Gasteiger partial charge in [0.15, 0.2) is 0 Å². The minimum atomic E-state index is -1.04. The maximum absolute atomic E-state index is 10.9. The minimum Gasteiger partial charge on any atom is -0.475 e. The van der Waals surface area contributed by atoms with Crippen molar-refractivity contribution < 1.29 is 9.90 Å². The molecular formula is C19H20N2O2. The molecule has 23 heavy (non-hydrogen) atoms. The van der Waals surface area contributed by atoms with Gasteiger partial charge in [-0.2, -0.15) is 0 Å². The van der Waals surface area contributed by atoms with Crippen molar-refractivity contribution in [2.24, 2.45) is 0 Å². The van der Waals surface area contributed by atoms with Crippen molar-refractivity contribution in [2.45, 2.75) is 44.9 Å². The molecule has 118 valence electrons. The number of allylic oxidation sites excluding steroid dienone is 1. The summed E-state index contributed by atoms with van der Waals surface area (Å²) in [4.78, 5) is 17.7. The van der Waals surface area contributed by atoms with E-state index in [9.17, 15) is 4.79 Å². The van der Waals surface area contributed by atoms with Crippen molar-refractivity contribution in [2.75, 3.05) is 0 Å². The Hall–Kier alpha value is -2.36. The number of imidazole rings is 1. The average molecular weight is 308 g/mol. The number of rotatable bonds is 3. The summed E-state index contributed by atoms with van der Waals surface area (Å²) in [6, 6.07) is 4.71. The standard InChI is InChI=1S/C19H20N2O2/c1-10(5-14-9-20-18(21-14)19(22)23)15-8-17-13-4-3-12(7-13)16(17)6-11(15)2/h5-6,8-9,12-13H,3-4,7H2,1-2H3,(H,20,21)(H,22,23)/b10-5-. The molecular weight excluding hydrogens is 288 g/mol. The Morgan fingerprint density at radius 2 is 2.00 bits per heavy atom. The third-order valence-corrected chi connectivity index (χ3v) is 5.33. The molecule has 2 aromatic rings. The smallest absolute Gasteiger partial charge is 0.371 e. The summed E-state index contributed by atoms with van der Waals surface area (Å²) >= 11 is 0. The van der Waals surface area contributed by atoms with Gasteiger partial charge in [0, 0.05) is 6.20 Å². The van der Waals surface area contributed by atoms with Crippen molar-refractivity contribution in [1.82, 2.24) is 9.97 Å². The molecule has 2 aliphatic carbocycles. The lowest BCUT2D eigenvalue weighted by Crippen LogP contribution is -2.01. The molecule has 2 bridgehead atoms. The first kappa shape index (κ1) is 14.2. The largest absolute Gasteiger partial charge is 0.475 e. The Labute approximate surface area is 135 Å². The molecule has 1 saturated carbocycles. The van der Waals surface area contributed by atoms with Crippen LogP contribution in [0.15, 0.2) is 18.3 Å². The van der Waals surface area contributed by atoms with E-state index < -0.39 is 5.97 Å². The van der Waals surface area contributed by atoms with Crippen molar-refractivity contribution in [1.29, 1.82) is 0 Å². The lowest BCUT2D eigenvalue weighted by Gasteiger charge is -2.18. The maximum atomic E-state index is 10.9. The van der Waals surface area contributed by atoms with Crippen LogP contribution in [0.1, 0.15) is 76.6 Å². The molecule has 4 rings (SSSR count). The number of carboxylic acid groups (broad SMARTS) is 1. The second kappa shape index (κ2) is 5.08. The molecule has 1 heterocycles. The van der Waals surface area contributed by atoms with Gasteiger partial charge in [0.2, 0.25) is 5.82 Å². The Morgan fingerprint density at radius 3 is 2.65 bits per heavy atom. The minimum absolute atomic E-state index is 0.0213. The predicted molar refractivity (Wildman–Crippen MR) is 89.6 cm³/mol. The number of H-pyrrole nitrogens is 1. The van der Waals surface area contributed by atoms with Gasteiger partial charge in [0.1, 0.15) is 0 Å². The lowest BCUT2D eigenvalue weighted by atomic mass is 9.87. The number of aromatic carboxylic acids is 1.